The zero-order valence-electron chi connectivity index (χ0n) is 21.5. The van der Waals surface area contributed by atoms with Gasteiger partial charge in [0.25, 0.3) is 0 Å². The summed E-state index contributed by atoms with van der Waals surface area (Å²) in [6.07, 6.45) is 9.54. The molecule has 0 N–H and O–H groups in total. The number of hydrogen-bond acceptors (Lipinski definition) is 4. The minimum atomic E-state index is -1.77. The van der Waals surface area contributed by atoms with Crippen molar-refractivity contribution in [1.29, 1.82) is 0 Å². The highest BCUT2D eigenvalue weighted by Crippen LogP contribution is 2.64. The molecule has 180 valence electrons. The smallest absolute Gasteiger partial charge is 0.303 e. The molecule has 0 amide bonds. The molecule has 0 bridgehead atoms. The summed E-state index contributed by atoms with van der Waals surface area (Å²) in [5, 5.41) is 0.237. The third-order valence-electron chi connectivity index (χ3n) is 10.3. The molecular weight excluding hydrogens is 416 g/mol. The largest absolute Gasteiger partial charge is 0.455 e. The zero-order valence-corrected chi connectivity index (χ0v) is 22.5. The van der Waals surface area contributed by atoms with E-state index in [1.165, 1.54) is 13.3 Å². The topological polar surface area (TPSA) is 52.6 Å². The fourth-order valence-electron chi connectivity index (χ4n) is 7.39. The Balaban J connectivity index is 1.54. The molecule has 4 nitrogen and oxygen atoms in total. The Morgan fingerprint density at radius 2 is 1.75 bits per heavy atom. The maximum atomic E-state index is 13.2. The molecule has 0 spiro atoms. The molecular formula is C27H44O4Si. The van der Waals surface area contributed by atoms with Gasteiger partial charge in [-0.3, -0.25) is 9.59 Å². The second-order valence-electron chi connectivity index (χ2n) is 13.2. The van der Waals surface area contributed by atoms with E-state index in [-0.39, 0.29) is 27.6 Å². The average molecular weight is 461 g/mol. The molecule has 5 heteroatoms. The van der Waals surface area contributed by atoms with Crippen LogP contribution in [-0.2, 0) is 18.8 Å². The Labute approximate surface area is 196 Å². The lowest BCUT2D eigenvalue weighted by Gasteiger charge is -2.57. The van der Waals surface area contributed by atoms with Gasteiger partial charge in [0.15, 0.2) is 20.2 Å². The summed E-state index contributed by atoms with van der Waals surface area (Å²) in [6, 6.07) is 0. The van der Waals surface area contributed by atoms with E-state index in [4.69, 9.17) is 9.16 Å². The van der Waals surface area contributed by atoms with Gasteiger partial charge in [-0.15, -0.1) is 0 Å². The summed E-state index contributed by atoms with van der Waals surface area (Å²) < 4.78 is 12.3. The van der Waals surface area contributed by atoms with Crippen molar-refractivity contribution in [3.05, 3.63) is 11.6 Å². The molecule has 3 fully saturated rings. The lowest BCUT2D eigenvalue weighted by atomic mass is 9.48. The standard InChI is InChI=1S/C27H44O4Si/c1-17(28)30-23-16-22-20-10-9-18-15-19(31-32(7,8)25(2,3)4)11-13-26(18,5)21(20)12-14-27(22,6)24(23)29/h9,19-23H,10-16H2,1-8H3/t19-,20+,21-,22-,23-,26+,27+/m1/s1. The van der Waals surface area contributed by atoms with Crippen molar-refractivity contribution in [2.45, 2.75) is 117 Å². The number of fused-ring (bicyclic) bond motifs is 5. The first-order valence-electron chi connectivity index (χ1n) is 12.8. The molecule has 0 aliphatic heterocycles. The summed E-state index contributed by atoms with van der Waals surface area (Å²) in [4.78, 5) is 24.8. The molecule has 0 heterocycles. The van der Waals surface area contributed by atoms with Gasteiger partial charge in [0.05, 0.1) is 0 Å². The van der Waals surface area contributed by atoms with E-state index in [1.54, 1.807) is 5.57 Å². The first-order chi connectivity index (χ1) is 14.7. The number of hydrogen-bond donors (Lipinski definition) is 0. The fraction of sp³-hybridized carbons (Fsp3) is 0.852. The number of Topliss-reactive ketones (excluding diaryl/α,β-unsaturated/α-hetero) is 1. The third kappa shape index (κ3) is 3.75. The summed E-state index contributed by atoms with van der Waals surface area (Å²) in [7, 11) is -1.77. The van der Waals surface area contributed by atoms with E-state index in [0.717, 1.165) is 32.1 Å². The molecule has 7 atom stereocenters. The predicted molar refractivity (Wildman–Crippen MR) is 130 cm³/mol. The second kappa shape index (κ2) is 7.80. The monoisotopic (exact) mass is 460 g/mol. The number of esters is 1. The predicted octanol–water partition coefficient (Wildman–Crippen LogP) is 6.45. The molecule has 0 aromatic heterocycles. The maximum Gasteiger partial charge on any atom is 0.303 e. The van der Waals surface area contributed by atoms with Crippen LogP contribution in [0.3, 0.4) is 0 Å². The first-order valence-corrected chi connectivity index (χ1v) is 15.7. The van der Waals surface area contributed by atoms with E-state index in [1.807, 2.05) is 0 Å². The first kappa shape index (κ1) is 24.2. The van der Waals surface area contributed by atoms with E-state index in [2.05, 4.69) is 53.8 Å². The van der Waals surface area contributed by atoms with Gasteiger partial charge in [-0.05, 0) is 86.2 Å². The van der Waals surface area contributed by atoms with Gasteiger partial charge in [0, 0.05) is 18.4 Å². The molecule has 0 aromatic rings. The van der Waals surface area contributed by atoms with Crippen molar-refractivity contribution >= 4 is 20.1 Å². The van der Waals surface area contributed by atoms with Crippen molar-refractivity contribution in [2.24, 2.45) is 28.6 Å². The van der Waals surface area contributed by atoms with Crippen LogP contribution >= 0.6 is 0 Å². The van der Waals surface area contributed by atoms with Crippen LogP contribution in [0.4, 0.5) is 0 Å². The van der Waals surface area contributed by atoms with Crippen LogP contribution in [0.1, 0.15) is 86.5 Å². The summed E-state index contributed by atoms with van der Waals surface area (Å²) in [6.45, 7) is 17.7. The summed E-state index contributed by atoms with van der Waals surface area (Å²) >= 11 is 0. The average Bonchev–Trinajstić information content (AvgIpc) is 2.91. The zero-order chi connectivity index (χ0) is 23.7. The van der Waals surface area contributed by atoms with Gasteiger partial charge in [0.2, 0.25) is 0 Å². The molecule has 0 saturated heterocycles. The van der Waals surface area contributed by atoms with Gasteiger partial charge in [-0.25, -0.2) is 0 Å². The van der Waals surface area contributed by atoms with E-state index < -0.39 is 14.4 Å². The van der Waals surface area contributed by atoms with E-state index >= 15 is 0 Å². The molecule has 4 rings (SSSR count). The molecule has 0 unspecified atom stereocenters. The van der Waals surface area contributed by atoms with Gasteiger partial charge in [-0.1, -0.05) is 46.3 Å². The highest BCUT2D eigenvalue weighted by molar-refractivity contribution is 6.74. The molecule has 0 aromatic carbocycles. The number of carbonyl (C=O) groups excluding carboxylic acids is 2. The van der Waals surface area contributed by atoms with Crippen LogP contribution in [0.15, 0.2) is 11.6 Å². The van der Waals surface area contributed by atoms with Gasteiger partial charge in [0.1, 0.15) is 0 Å². The highest BCUT2D eigenvalue weighted by atomic mass is 28.4. The fourth-order valence-corrected chi connectivity index (χ4v) is 8.78. The van der Waals surface area contributed by atoms with Crippen LogP contribution in [0.5, 0.6) is 0 Å². The number of ketones is 1. The lowest BCUT2D eigenvalue weighted by molar-refractivity contribution is -0.153. The Bertz CT molecular complexity index is 824. The van der Waals surface area contributed by atoms with Crippen molar-refractivity contribution in [3.8, 4) is 0 Å². The van der Waals surface area contributed by atoms with Crippen molar-refractivity contribution in [2.75, 3.05) is 0 Å². The SMILES string of the molecule is CC(=O)O[C@@H]1C[C@@H]2[C@H]3CC=C4C[C@H](O[Si](C)(C)C(C)(C)C)CC[C@]4(C)[C@@H]3CC[C@]2(C)C1=O. The van der Waals surface area contributed by atoms with Crippen molar-refractivity contribution in [1.82, 2.24) is 0 Å². The molecule has 32 heavy (non-hydrogen) atoms. The molecule has 3 saturated carbocycles. The third-order valence-corrected chi connectivity index (χ3v) is 14.9. The summed E-state index contributed by atoms with van der Waals surface area (Å²) in [5.74, 6) is 1.31. The van der Waals surface area contributed by atoms with E-state index in [0.29, 0.717) is 30.3 Å². The maximum absolute atomic E-state index is 13.2. The number of rotatable bonds is 3. The van der Waals surface area contributed by atoms with Crippen LogP contribution in [0, 0.1) is 28.6 Å². The number of ether oxygens (including phenoxy) is 1. The molecule has 4 aliphatic rings. The number of allylic oxidation sites excluding steroid dienone is 1. The molecule has 0 radical (unpaired) electrons. The van der Waals surface area contributed by atoms with Gasteiger partial charge >= 0.3 is 5.97 Å². The van der Waals surface area contributed by atoms with Crippen LogP contribution in [0.2, 0.25) is 18.1 Å². The van der Waals surface area contributed by atoms with Crippen molar-refractivity contribution in [3.63, 3.8) is 0 Å². The van der Waals surface area contributed by atoms with Crippen LogP contribution in [0.25, 0.3) is 0 Å². The number of carbonyl (C=O) groups is 2. The molecule has 4 aliphatic carbocycles. The van der Waals surface area contributed by atoms with Crippen LogP contribution in [-0.4, -0.2) is 32.3 Å². The Hall–Kier alpha value is -0.943. The quantitative estimate of drug-likeness (QED) is 0.276. The minimum absolute atomic E-state index is 0.169. The van der Waals surface area contributed by atoms with Crippen LogP contribution < -0.4 is 0 Å². The minimum Gasteiger partial charge on any atom is -0.455 e. The Kier molecular flexibility index (Phi) is 5.89. The Morgan fingerprint density at radius 3 is 2.38 bits per heavy atom. The van der Waals surface area contributed by atoms with E-state index in [9.17, 15) is 9.59 Å². The second-order valence-corrected chi connectivity index (χ2v) is 17.9. The summed E-state index contributed by atoms with van der Waals surface area (Å²) in [5.41, 5.74) is 1.50. The lowest BCUT2D eigenvalue weighted by Crippen LogP contribution is -2.52. The normalized spacial score (nSPS) is 41.9. The van der Waals surface area contributed by atoms with Gasteiger partial charge < -0.3 is 9.16 Å². The highest BCUT2D eigenvalue weighted by Gasteiger charge is 2.62. The van der Waals surface area contributed by atoms with Gasteiger partial charge in [-0.2, -0.15) is 0 Å². The van der Waals surface area contributed by atoms with Crippen molar-refractivity contribution < 1.29 is 18.8 Å². The Morgan fingerprint density at radius 1 is 1.09 bits per heavy atom.